The summed E-state index contributed by atoms with van der Waals surface area (Å²) in [4.78, 5) is 15.8. The number of hydrogen-bond acceptors (Lipinski definition) is 3. The van der Waals surface area contributed by atoms with E-state index in [0.29, 0.717) is 5.69 Å². The highest BCUT2D eigenvalue weighted by Crippen LogP contribution is 2.38. The van der Waals surface area contributed by atoms with Gasteiger partial charge in [0.2, 0.25) is 0 Å². The molecule has 2 atom stereocenters. The SMILES string of the molecule is O=C1N[C@H](c2cc(C#Cc3ccccc3)ncc2F)[C@@H](c2ccccc2F)O1. The van der Waals surface area contributed by atoms with Crippen molar-refractivity contribution in [3.05, 3.63) is 101 Å². The van der Waals surface area contributed by atoms with E-state index >= 15 is 0 Å². The van der Waals surface area contributed by atoms with Gasteiger partial charge in [0.15, 0.2) is 6.10 Å². The van der Waals surface area contributed by atoms with Crippen LogP contribution < -0.4 is 5.32 Å². The van der Waals surface area contributed by atoms with Gasteiger partial charge in [0.1, 0.15) is 23.4 Å². The van der Waals surface area contributed by atoms with Gasteiger partial charge >= 0.3 is 6.09 Å². The van der Waals surface area contributed by atoms with Crippen LogP contribution in [0.5, 0.6) is 0 Å². The fourth-order valence-corrected chi connectivity index (χ4v) is 3.03. The average molecular weight is 376 g/mol. The first-order chi connectivity index (χ1) is 13.6. The molecule has 138 valence electrons. The van der Waals surface area contributed by atoms with Crippen LogP contribution in [0, 0.1) is 23.5 Å². The summed E-state index contributed by atoms with van der Waals surface area (Å²) in [6.07, 6.45) is -0.709. The topological polar surface area (TPSA) is 51.2 Å². The minimum Gasteiger partial charge on any atom is -0.439 e. The monoisotopic (exact) mass is 376 g/mol. The molecule has 4 nitrogen and oxygen atoms in total. The summed E-state index contributed by atoms with van der Waals surface area (Å²) in [5, 5.41) is 2.54. The number of pyridine rings is 1. The fraction of sp³-hybridized carbons (Fsp3) is 0.0909. The van der Waals surface area contributed by atoms with Crippen LogP contribution in [0.2, 0.25) is 0 Å². The largest absolute Gasteiger partial charge is 0.439 e. The van der Waals surface area contributed by atoms with E-state index < -0.39 is 29.9 Å². The van der Waals surface area contributed by atoms with Crippen molar-refractivity contribution in [2.24, 2.45) is 0 Å². The molecule has 2 heterocycles. The number of ether oxygens (including phenoxy) is 1. The summed E-state index contributed by atoms with van der Waals surface area (Å²) in [7, 11) is 0. The number of amides is 1. The molecule has 1 N–H and O–H groups in total. The minimum absolute atomic E-state index is 0.131. The number of aromatic nitrogens is 1. The Kier molecular flexibility index (Phi) is 4.73. The zero-order valence-electron chi connectivity index (χ0n) is 14.5. The van der Waals surface area contributed by atoms with E-state index in [-0.39, 0.29) is 11.1 Å². The number of benzene rings is 2. The van der Waals surface area contributed by atoms with Crippen molar-refractivity contribution in [2.45, 2.75) is 12.1 Å². The number of halogens is 2. The molecule has 1 aromatic heterocycles. The Morgan fingerprint density at radius 1 is 0.929 bits per heavy atom. The van der Waals surface area contributed by atoms with Gasteiger partial charge in [0, 0.05) is 16.7 Å². The molecule has 4 rings (SSSR count). The standard InChI is InChI=1S/C22H14F2N2O2/c23-18-9-5-4-8-16(18)21-20(26-22(27)28-21)17-12-15(25-13-19(17)24)11-10-14-6-2-1-3-7-14/h1-9,12-13,20-21H,(H,26,27)/t20-,21-/m1/s1. The third-order valence-corrected chi connectivity index (χ3v) is 4.35. The normalized spacial score (nSPS) is 18.0. The predicted molar refractivity (Wildman–Crippen MR) is 98.1 cm³/mol. The Balaban J connectivity index is 1.71. The Bertz CT molecular complexity index is 1090. The molecule has 0 unspecified atom stereocenters. The quantitative estimate of drug-likeness (QED) is 0.679. The molecule has 1 fully saturated rings. The van der Waals surface area contributed by atoms with Gasteiger partial charge in [-0.1, -0.05) is 42.3 Å². The maximum absolute atomic E-state index is 14.5. The maximum Gasteiger partial charge on any atom is 0.408 e. The number of rotatable bonds is 2. The molecule has 1 aliphatic rings. The molecule has 6 heteroatoms. The number of carbonyl (C=O) groups excluding carboxylic acids is 1. The molecule has 3 aromatic rings. The highest BCUT2D eigenvalue weighted by Gasteiger charge is 2.39. The van der Waals surface area contributed by atoms with Crippen LogP contribution in [-0.2, 0) is 4.74 Å². The zero-order valence-corrected chi connectivity index (χ0v) is 14.5. The first-order valence-electron chi connectivity index (χ1n) is 8.56. The van der Waals surface area contributed by atoms with Gasteiger partial charge in [-0.25, -0.2) is 18.6 Å². The van der Waals surface area contributed by atoms with Crippen molar-refractivity contribution in [3.8, 4) is 11.8 Å². The zero-order chi connectivity index (χ0) is 19.5. The van der Waals surface area contributed by atoms with Crippen LogP contribution in [0.1, 0.15) is 34.5 Å². The maximum atomic E-state index is 14.5. The van der Waals surface area contributed by atoms with E-state index in [2.05, 4.69) is 22.1 Å². The second-order valence-electron chi connectivity index (χ2n) is 6.18. The van der Waals surface area contributed by atoms with Crippen LogP contribution in [0.4, 0.5) is 13.6 Å². The van der Waals surface area contributed by atoms with Gasteiger partial charge in [0.05, 0.1) is 6.20 Å². The van der Waals surface area contributed by atoms with E-state index in [1.807, 2.05) is 30.3 Å². The number of carbonyl (C=O) groups is 1. The molecule has 0 bridgehead atoms. The van der Waals surface area contributed by atoms with E-state index in [9.17, 15) is 13.6 Å². The van der Waals surface area contributed by atoms with E-state index in [4.69, 9.17) is 4.74 Å². The second-order valence-corrected chi connectivity index (χ2v) is 6.18. The first kappa shape index (κ1) is 17.7. The molecule has 2 aromatic carbocycles. The number of alkyl carbamates (subject to hydrolysis) is 1. The molecule has 0 spiro atoms. The summed E-state index contributed by atoms with van der Waals surface area (Å²) < 4.78 is 33.9. The summed E-state index contributed by atoms with van der Waals surface area (Å²) in [5.41, 5.74) is 1.41. The van der Waals surface area contributed by atoms with Crippen LogP contribution in [-0.4, -0.2) is 11.1 Å². The summed E-state index contributed by atoms with van der Waals surface area (Å²) >= 11 is 0. The first-order valence-corrected chi connectivity index (χ1v) is 8.56. The van der Waals surface area contributed by atoms with Gasteiger partial charge < -0.3 is 10.1 Å². The van der Waals surface area contributed by atoms with E-state index in [0.717, 1.165) is 11.8 Å². The van der Waals surface area contributed by atoms with E-state index in [1.165, 1.54) is 24.3 Å². The van der Waals surface area contributed by atoms with Crippen molar-refractivity contribution in [3.63, 3.8) is 0 Å². The van der Waals surface area contributed by atoms with Crippen molar-refractivity contribution >= 4 is 6.09 Å². The lowest BCUT2D eigenvalue weighted by Gasteiger charge is -2.18. The molecule has 0 saturated carbocycles. The molecule has 1 amide bonds. The van der Waals surface area contributed by atoms with Crippen LogP contribution >= 0.6 is 0 Å². The predicted octanol–water partition coefficient (Wildman–Crippen LogP) is 4.28. The highest BCUT2D eigenvalue weighted by molar-refractivity contribution is 5.71. The fourth-order valence-electron chi connectivity index (χ4n) is 3.03. The summed E-state index contributed by atoms with van der Waals surface area (Å²) in [6, 6.07) is 15.8. The van der Waals surface area contributed by atoms with Crippen molar-refractivity contribution in [1.29, 1.82) is 0 Å². The highest BCUT2D eigenvalue weighted by atomic mass is 19.1. The van der Waals surface area contributed by atoms with Crippen molar-refractivity contribution in [1.82, 2.24) is 10.3 Å². The molecule has 1 aliphatic heterocycles. The molecule has 1 saturated heterocycles. The Hall–Kier alpha value is -3.72. The lowest BCUT2D eigenvalue weighted by atomic mass is 9.96. The minimum atomic E-state index is -1.000. The van der Waals surface area contributed by atoms with Gasteiger partial charge in [-0.05, 0) is 30.2 Å². The van der Waals surface area contributed by atoms with Gasteiger partial charge in [-0.3, -0.25) is 0 Å². The van der Waals surface area contributed by atoms with Crippen molar-refractivity contribution in [2.75, 3.05) is 0 Å². The van der Waals surface area contributed by atoms with Crippen LogP contribution in [0.15, 0.2) is 66.9 Å². The summed E-state index contributed by atoms with van der Waals surface area (Å²) in [5.74, 6) is 4.65. The second kappa shape index (κ2) is 7.49. The molecular formula is C22H14F2N2O2. The number of hydrogen-bond donors (Lipinski definition) is 1. The molecule has 0 aliphatic carbocycles. The third-order valence-electron chi connectivity index (χ3n) is 4.35. The van der Waals surface area contributed by atoms with Crippen LogP contribution in [0.25, 0.3) is 0 Å². The van der Waals surface area contributed by atoms with Crippen LogP contribution in [0.3, 0.4) is 0 Å². The summed E-state index contributed by atoms with van der Waals surface area (Å²) in [6.45, 7) is 0. The third kappa shape index (κ3) is 3.55. The molecular weight excluding hydrogens is 362 g/mol. The lowest BCUT2D eigenvalue weighted by molar-refractivity contribution is 0.129. The number of cyclic esters (lactones) is 1. The van der Waals surface area contributed by atoms with Gasteiger partial charge in [0.25, 0.3) is 0 Å². The van der Waals surface area contributed by atoms with Gasteiger partial charge in [-0.15, -0.1) is 0 Å². The molecule has 28 heavy (non-hydrogen) atoms. The smallest absolute Gasteiger partial charge is 0.408 e. The van der Waals surface area contributed by atoms with Crippen molar-refractivity contribution < 1.29 is 18.3 Å². The number of nitrogens with one attached hydrogen (secondary N) is 1. The number of nitrogens with zero attached hydrogens (tertiary/aromatic N) is 1. The Morgan fingerprint density at radius 2 is 1.68 bits per heavy atom. The molecule has 0 radical (unpaired) electrons. The average Bonchev–Trinajstić information content (AvgIpc) is 3.09. The lowest BCUT2D eigenvalue weighted by Crippen LogP contribution is -2.21. The van der Waals surface area contributed by atoms with Gasteiger partial charge in [-0.2, -0.15) is 0 Å². The van der Waals surface area contributed by atoms with E-state index in [1.54, 1.807) is 6.07 Å². The Labute approximate surface area is 160 Å². The Morgan fingerprint density at radius 3 is 2.46 bits per heavy atom.